The summed E-state index contributed by atoms with van der Waals surface area (Å²) in [5, 5.41) is 12.3. The third-order valence-electron chi connectivity index (χ3n) is 3.58. The van der Waals surface area contributed by atoms with Gasteiger partial charge in [-0.25, -0.2) is 15.0 Å². The molecule has 0 radical (unpaired) electrons. The fourth-order valence-electron chi connectivity index (χ4n) is 2.35. The molecule has 26 heavy (non-hydrogen) atoms. The molecule has 0 bridgehead atoms. The first-order valence-electron chi connectivity index (χ1n) is 7.95. The van der Waals surface area contributed by atoms with E-state index in [0.717, 1.165) is 22.6 Å². The van der Waals surface area contributed by atoms with E-state index in [1.165, 1.54) is 23.1 Å². The van der Waals surface area contributed by atoms with E-state index in [4.69, 9.17) is 0 Å². The Morgan fingerprint density at radius 1 is 1.19 bits per heavy atom. The first-order valence-corrected chi connectivity index (χ1v) is 9.81. The van der Waals surface area contributed by atoms with E-state index in [1.54, 1.807) is 0 Å². The number of hydrogen-bond acceptors (Lipinski definition) is 7. The second-order valence-electron chi connectivity index (χ2n) is 5.69. The molecule has 2 aromatic heterocycles. The van der Waals surface area contributed by atoms with Gasteiger partial charge in [-0.1, -0.05) is 42.1 Å². The summed E-state index contributed by atoms with van der Waals surface area (Å²) in [6, 6.07) is 13.8. The van der Waals surface area contributed by atoms with E-state index in [-0.39, 0.29) is 11.5 Å². The zero-order valence-corrected chi connectivity index (χ0v) is 16.0. The van der Waals surface area contributed by atoms with Crippen molar-refractivity contribution in [2.75, 3.05) is 5.75 Å². The minimum Gasteiger partial charge on any atom is -0.297 e. The summed E-state index contributed by atoms with van der Waals surface area (Å²) in [6.45, 7) is 3.75. The molecule has 0 saturated heterocycles. The quantitative estimate of drug-likeness (QED) is 0.471. The van der Waals surface area contributed by atoms with Crippen molar-refractivity contribution in [1.29, 1.82) is 5.26 Å². The summed E-state index contributed by atoms with van der Waals surface area (Å²) < 4.78 is 0. The number of nitriles is 1. The average Bonchev–Trinajstić information content (AvgIpc) is 3.07. The Bertz CT molecular complexity index is 963. The largest absolute Gasteiger partial charge is 0.297 e. The maximum atomic E-state index is 12.5. The standard InChI is InChI=1S/C19H16N4OS2/c1-12-8-16(14-6-4-3-5-7-14)23-19(22-12)26-11-17(24)15(9-20)18-21-13(2)10-25-18/h3-8,10,15H,11H2,1-2H3/t15-/m0/s1. The molecule has 130 valence electrons. The van der Waals surface area contributed by atoms with Crippen molar-refractivity contribution in [3.63, 3.8) is 0 Å². The monoisotopic (exact) mass is 380 g/mol. The topological polar surface area (TPSA) is 79.5 Å². The zero-order valence-electron chi connectivity index (χ0n) is 14.3. The number of thiazole rings is 1. The molecule has 0 unspecified atom stereocenters. The Labute approximate surface area is 160 Å². The summed E-state index contributed by atoms with van der Waals surface area (Å²) in [5.41, 5.74) is 3.47. The molecule has 3 rings (SSSR count). The van der Waals surface area contributed by atoms with Crippen LogP contribution in [-0.2, 0) is 4.79 Å². The van der Waals surface area contributed by atoms with Gasteiger partial charge in [0.2, 0.25) is 0 Å². The molecule has 0 aliphatic heterocycles. The molecule has 1 atom stereocenters. The normalized spacial score (nSPS) is 11.7. The zero-order chi connectivity index (χ0) is 18.5. The van der Waals surface area contributed by atoms with Gasteiger partial charge in [0, 0.05) is 22.3 Å². The Kier molecular flexibility index (Phi) is 5.76. The van der Waals surface area contributed by atoms with Crippen molar-refractivity contribution in [1.82, 2.24) is 15.0 Å². The van der Waals surface area contributed by atoms with Crippen LogP contribution < -0.4 is 0 Å². The smallest absolute Gasteiger partial charge is 0.188 e. The van der Waals surface area contributed by atoms with Crippen LogP contribution in [0.4, 0.5) is 0 Å². The van der Waals surface area contributed by atoms with E-state index in [2.05, 4.69) is 21.0 Å². The fourth-order valence-corrected chi connectivity index (χ4v) is 4.02. The second kappa shape index (κ2) is 8.21. The van der Waals surface area contributed by atoms with Crippen LogP contribution in [0, 0.1) is 25.2 Å². The van der Waals surface area contributed by atoms with E-state index in [0.29, 0.717) is 10.2 Å². The minimum absolute atomic E-state index is 0.133. The number of rotatable bonds is 6. The molecular weight excluding hydrogens is 364 g/mol. The van der Waals surface area contributed by atoms with Gasteiger partial charge in [-0.15, -0.1) is 11.3 Å². The SMILES string of the molecule is Cc1cc(-c2ccccc2)nc(SCC(=O)[C@H](C#N)c2nc(C)cs2)n1. The van der Waals surface area contributed by atoms with Crippen LogP contribution in [0.5, 0.6) is 0 Å². The number of aryl methyl sites for hydroxylation is 2. The lowest BCUT2D eigenvalue weighted by Crippen LogP contribution is -2.13. The van der Waals surface area contributed by atoms with E-state index in [1.807, 2.05) is 55.6 Å². The van der Waals surface area contributed by atoms with Crippen LogP contribution in [0.2, 0.25) is 0 Å². The van der Waals surface area contributed by atoms with Crippen molar-refractivity contribution < 1.29 is 4.79 Å². The van der Waals surface area contributed by atoms with Crippen LogP contribution in [0.3, 0.4) is 0 Å². The van der Waals surface area contributed by atoms with Gasteiger partial charge in [-0.2, -0.15) is 5.26 Å². The lowest BCUT2D eigenvalue weighted by atomic mass is 10.1. The van der Waals surface area contributed by atoms with Crippen LogP contribution in [0.25, 0.3) is 11.3 Å². The van der Waals surface area contributed by atoms with Gasteiger partial charge in [0.15, 0.2) is 16.9 Å². The van der Waals surface area contributed by atoms with Crippen LogP contribution >= 0.6 is 23.1 Å². The number of aromatic nitrogens is 3. The highest BCUT2D eigenvalue weighted by atomic mass is 32.2. The Morgan fingerprint density at radius 2 is 1.96 bits per heavy atom. The molecule has 0 amide bonds. The van der Waals surface area contributed by atoms with Gasteiger partial charge < -0.3 is 0 Å². The van der Waals surface area contributed by atoms with Gasteiger partial charge in [0.25, 0.3) is 0 Å². The predicted octanol–water partition coefficient (Wildman–Crippen LogP) is 4.19. The maximum absolute atomic E-state index is 12.5. The number of Topliss-reactive ketones (excluding diaryl/α,β-unsaturated/α-hetero) is 1. The lowest BCUT2D eigenvalue weighted by Gasteiger charge is -2.07. The number of nitrogens with zero attached hydrogens (tertiary/aromatic N) is 4. The van der Waals surface area contributed by atoms with E-state index >= 15 is 0 Å². The highest BCUT2D eigenvalue weighted by molar-refractivity contribution is 7.99. The second-order valence-corrected chi connectivity index (χ2v) is 7.52. The van der Waals surface area contributed by atoms with Gasteiger partial charge in [-0.3, -0.25) is 4.79 Å². The molecule has 0 aliphatic carbocycles. The summed E-state index contributed by atoms with van der Waals surface area (Å²) in [7, 11) is 0. The lowest BCUT2D eigenvalue weighted by molar-refractivity contribution is -0.116. The highest BCUT2D eigenvalue weighted by Gasteiger charge is 2.23. The molecule has 0 aliphatic rings. The first-order chi connectivity index (χ1) is 12.6. The Hall–Kier alpha value is -2.56. The summed E-state index contributed by atoms with van der Waals surface area (Å²) in [5.74, 6) is -0.882. The molecule has 7 heteroatoms. The number of ketones is 1. The molecule has 0 N–H and O–H groups in total. The first kappa shape index (κ1) is 18.2. The van der Waals surface area contributed by atoms with Crippen LogP contribution in [-0.4, -0.2) is 26.5 Å². The molecular formula is C19H16N4OS2. The van der Waals surface area contributed by atoms with Crippen molar-refractivity contribution in [2.24, 2.45) is 0 Å². The van der Waals surface area contributed by atoms with Crippen molar-refractivity contribution >= 4 is 28.9 Å². The molecule has 5 nitrogen and oxygen atoms in total. The predicted molar refractivity (Wildman–Crippen MR) is 103 cm³/mol. The van der Waals surface area contributed by atoms with Gasteiger partial charge in [0.05, 0.1) is 17.5 Å². The van der Waals surface area contributed by atoms with Crippen LogP contribution in [0.15, 0.2) is 46.9 Å². The molecule has 1 aromatic carbocycles. The van der Waals surface area contributed by atoms with Crippen LogP contribution in [0.1, 0.15) is 22.3 Å². The van der Waals surface area contributed by atoms with Gasteiger partial charge >= 0.3 is 0 Å². The summed E-state index contributed by atoms with van der Waals surface area (Å²) >= 11 is 2.59. The Balaban J connectivity index is 1.74. The molecule has 0 spiro atoms. The molecule has 0 fully saturated rings. The fraction of sp³-hybridized carbons (Fsp3) is 0.211. The third kappa shape index (κ3) is 4.34. The van der Waals surface area contributed by atoms with E-state index in [9.17, 15) is 10.1 Å². The Morgan fingerprint density at radius 3 is 2.62 bits per heavy atom. The number of carbonyl (C=O) groups is 1. The number of benzene rings is 1. The molecule has 2 heterocycles. The highest BCUT2D eigenvalue weighted by Crippen LogP contribution is 2.25. The average molecular weight is 380 g/mol. The molecule has 3 aromatic rings. The van der Waals surface area contributed by atoms with Crippen molar-refractivity contribution in [3.05, 3.63) is 58.2 Å². The summed E-state index contributed by atoms with van der Waals surface area (Å²) in [4.78, 5) is 25.7. The third-order valence-corrected chi connectivity index (χ3v) is 5.48. The number of carbonyl (C=O) groups excluding carboxylic acids is 1. The maximum Gasteiger partial charge on any atom is 0.188 e. The number of thioether (sulfide) groups is 1. The van der Waals surface area contributed by atoms with Crippen molar-refractivity contribution in [2.45, 2.75) is 24.9 Å². The summed E-state index contributed by atoms with van der Waals surface area (Å²) in [6.07, 6.45) is 0. The minimum atomic E-state index is -0.834. The molecule has 0 saturated carbocycles. The number of hydrogen-bond donors (Lipinski definition) is 0. The van der Waals surface area contributed by atoms with E-state index < -0.39 is 5.92 Å². The van der Waals surface area contributed by atoms with Crippen molar-refractivity contribution in [3.8, 4) is 17.3 Å². The van der Waals surface area contributed by atoms with Gasteiger partial charge in [0.1, 0.15) is 5.01 Å². The van der Waals surface area contributed by atoms with Gasteiger partial charge in [-0.05, 0) is 19.9 Å².